The van der Waals surface area contributed by atoms with Crippen molar-refractivity contribution >= 4 is 32.0 Å². The molecule has 2 N–H and O–H groups in total. The van der Waals surface area contributed by atoms with E-state index >= 15 is 0 Å². The molecule has 0 bridgehead atoms. The van der Waals surface area contributed by atoms with Crippen LogP contribution in [0.2, 0.25) is 0 Å². The molecule has 8 heteroatoms. The van der Waals surface area contributed by atoms with Crippen molar-refractivity contribution in [1.29, 1.82) is 0 Å². The van der Waals surface area contributed by atoms with E-state index < -0.39 is 21.7 Å². The third kappa shape index (κ3) is 3.41. The van der Waals surface area contributed by atoms with E-state index in [1.807, 2.05) is 0 Å². The van der Waals surface area contributed by atoms with Crippen LogP contribution in [-0.2, 0) is 22.3 Å². The summed E-state index contributed by atoms with van der Waals surface area (Å²) in [6.07, 6.45) is 1.57. The van der Waals surface area contributed by atoms with Crippen molar-refractivity contribution in [2.24, 2.45) is 5.14 Å². The van der Waals surface area contributed by atoms with E-state index in [2.05, 4.69) is 4.98 Å². The highest BCUT2D eigenvalue weighted by Gasteiger charge is 2.17. The summed E-state index contributed by atoms with van der Waals surface area (Å²) in [7, 11) is -3.60. The van der Waals surface area contributed by atoms with Crippen LogP contribution in [0, 0.1) is 11.6 Å². The van der Waals surface area contributed by atoms with Crippen molar-refractivity contribution in [2.45, 2.75) is 12.3 Å². The molecule has 2 aromatic carbocycles. The van der Waals surface area contributed by atoms with Gasteiger partial charge in [0.05, 0.1) is 27.7 Å². The van der Waals surface area contributed by atoms with Gasteiger partial charge in [-0.1, -0.05) is 24.3 Å². The molecule has 0 fully saturated rings. The molecule has 4 aromatic rings. The molecule has 0 saturated heterocycles. The molecule has 5 nitrogen and oxygen atoms in total. The Morgan fingerprint density at radius 3 is 2.41 bits per heavy atom. The summed E-state index contributed by atoms with van der Waals surface area (Å²) in [4.78, 5) is 4.25. The first-order chi connectivity index (χ1) is 12.8. The van der Waals surface area contributed by atoms with E-state index in [0.29, 0.717) is 28.7 Å². The molecule has 0 unspecified atom stereocenters. The fraction of sp³-hybridized carbons (Fsp3) is 0.105. The maximum absolute atomic E-state index is 14.4. The summed E-state index contributed by atoms with van der Waals surface area (Å²) in [6.45, 7) is 0.351. The summed E-state index contributed by atoms with van der Waals surface area (Å²) in [6, 6.07) is 12.6. The molecule has 0 amide bonds. The molecular weight excluding hydrogens is 372 g/mol. The number of benzene rings is 2. The minimum absolute atomic E-state index is 0.247. The van der Waals surface area contributed by atoms with Gasteiger partial charge in [0, 0.05) is 18.8 Å². The van der Waals surface area contributed by atoms with Crippen molar-refractivity contribution < 1.29 is 17.2 Å². The number of nitrogens with zero attached hydrogens (tertiary/aromatic N) is 2. The number of pyridine rings is 1. The fourth-order valence-electron chi connectivity index (χ4n) is 3.27. The number of rotatable bonds is 4. The first kappa shape index (κ1) is 17.6. The van der Waals surface area contributed by atoms with Gasteiger partial charge in [0.25, 0.3) is 0 Å². The van der Waals surface area contributed by atoms with Crippen LogP contribution in [0.3, 0.4) is 0 Å². The average Bonchev–Trinajstić information content (AvgIpc) is 2.89. The van der Waals surface area contributed by atoms with Crippen LogP contribution in [0.4, 0.5) is 8.78 Å². The number of sulfonamides is 1. The van der Waals surface area contributed by atoms with Crippen LogP contribution >= 0.6 is 0 Å². The van der Waals surface area contributed by atoms with E-state index in [0.717, 1.165) is 11.6 Å². The van der Waals surface area contributed by atoms with Crippen LogP contribution in [0.15, 0.2) is 54.7 Å². The van der Waals surface area contributed by atoms with Crippen LogP contribution in [0.5, 0.6) is 0 Å². The maximum atomic E-state index is 14.4. The van der Waals surface area contributed by atoms with Crippen molar-refractivity contribution in [3.8, 4) is 0 Å². The lowest BCUT2D eigenvalue weighted by molar-refractivity contribution is 0.591. The molecule has 4 rings (SSSR count). The standard InChI is InChI=1S/C19H15F2N3O2S/c20-14-8-15(21)18-17(9-14)24(16-2-1-7-23-19(16)18)10-12-3-5-13(6-4-12)11-27(22,25)26/h1-9H,10-11H2,(H2,22,25,26). The number of hydrogen-bond donors (Lipinski definition) is 1. The molecule has 0 aliphatic heterocycles. The molecule has 0 aliphatic rings. The summed E-state index contributed by atoms with van der Waals surface area (Å²) < 4.78 is 52.4. The highest BCUT2D eigenvalue weighted by molar-refractivity contribution is 7.88. The van der Waals surface area contributed by atoms with E-state index in [-0.39, 0.29) is 11.1 Å². The normalized spacial score (nSPS) is 12.1. The predicted octanol–water partition coefficient (Wildman–Crippen LogP) is 3.30. The Morgan fingerprint density at radius 2 is 1.70 bits per heavy atom. The summed E-state index contributed by atoms with van der Waals surface area (Å²) in [5, 5.41) is 5.33. The fourth-order valence-corrected chi connectivity index (χ4v) is 3.93. The molecule has 0 aliphatic carbocycles. The minimum Gasteiger partial charge on any atom is -0.334 e. The first-order valence-electron chi connectivity index (χ1n) is 8.12. The van der Waals surface area contributed by atoms with Crippen molar-refractivity contribution in [3.63, 3.8) is 0 Å². The quantitative estimate of drug-likeness (QED) is 0.584. The average molecular weight is 387 g/mol. The minimum atomic E-state index is -3.60. The lowest BCUT2D eigenvalue weighted by Crippen LogP contribution is -2.14. The zero-order chi connectivity index (χ0) is 19.2. The van der Waals surface area contributed by atoms with Gasteiger partial charge in [-0.05, 0) is 29.3 Å². The Labute approximate surface area is 154 Å². The van der Waals surface area contributed by atoms with Gasteiger partial charge in [-0.15, -0.1) is 0 Å². The summed E-state index contributed by atoms with van der Waals surface area (Å²) in [5.74, 6) is -1.56. The highest BCUT2D eigenvalue weighted by Crippen LogP contribution is 2.31. The van der Waals surface area contributed by atoms with Crippen LogP contribution in [0.25, 0.3) is 21.9 Å². The maximum Gasteiger partial charge on any atom is 0.213 e. The molecule has 27 heavy (non-hydrogen) atoms. The molecule has 2 aromatic heterocycles. The number of halogens is 2. The molecule has 138 valence electrons. The molecular formula is C19H15F2N3O2S. The van der Waals surface area contributed by atoms with E-state index in [4.69, 9.17) is 5.14 Å². The SMILES string of the molecule is NS(=O)(=O)Cc1ccc(Cn2c3cccnc3c3c(F)cc(F)cc32)cc1. The van der Waals surface area contributed by atoms with E-state index in [1.165, 1.54) is 6.07 Å². The Kier molecular flexibility index (Phi) is 4.16. The van der Waals surface area contributed by atoms with E-state index in [1.54, 1.807) is 47.2 Å². The lowest BCUT2D eigenvalue weighted by Gasteiger charge is -2.09. The Bertz CT molecular complexity index is 1270. The predicted molar refractivity (Wildman–Crippen MR) is 99.5 cm³/mol. The highest BCUT2D eigenvalue weighted by atomic mass is 32.2. The zero-order valence-electron chi connectivity index (χ0n) is 14.1. The van der Waals surface area contributed by atoms with Crippen LogP contribution < -0.4 is 5.14 Å². The van der Waals surface area contributed by atoms with Crippen molar-refractivity contribution in [3.05, 3.63) is 77.5 Å². The van der Waals surface area contributed by atoms with Gasteiger partial charge in [0.15, 0.2) is 0 Å². The number of hydrogen-bond acceptors (Lipinski definition) is 3. The number of primary sulfonamides is 1. The third-order valence-electron chi connectivity index (χ3n) is 4.37. The van der Waals surface area contributed by atoms with Crippen LogP contribution in [-0.4, -0.2) is 18.0 Å². The van der Waals surface area contributed by atoms with Crippen molar-refractivity contribution in [1.82, 2.24) is 9.55 Å². The number of fused-ring (bicyclic) bond motifs is 3. The van der Waals surface area contributed by atoms with Gasteiger partial charge in [0.2, 0.25) is 10.0 Å². The smallest absolute Gasteiger partial charge is 0.213 e. The van der Waals surface area contributed by atoms with E-state index in [9.17, 15) is 17.2 Å². The molecule has 0 atom stereocenters. The van der Waals surface area contributed by atoms with Gasteiger partial charge in [-0.2, -0.15) is 0 Å². The summed E-state index contributed by atoms with van der Waals surface area (Å²) >= 11 is 0. The lowest BCUT2D eigenvalue weighted by atomic mass is 10.1. The van der Waals surface area contributed by atoms with Gasteiger partial charge >= 0.3 is 0 Å². The molecule has 2 heterocycles. The summed E-state index contributed by atoms with van der Waals surface area (Å²) in [5.41, 5.74) is 2.99. The molecule has 0 spiro atoms. The second kappa shape index (κ2) is 6.40. The molecule has 0 radical (unpaired) electrons. The van der Waals surface area contributed by atoms with Gasteiger partial charge in [-0.3, -0.25) is 4.98 Å². The number of aromatic nitrogens is 2. The van der Waals surface area contributed by atoms with Crippen molar-refractivity contribution in [2.75, 3.05) is 0 Å². The second-order valence-corrected chi connectivity index (χ2v) is 7.98. The second-order valence-electron chi connectivity index (χ2n) is 6.36. The Hall–Kier alpha value is -2.84. The number of nitrogens with two attached hydrogens (primary N) is 1. The largest absolute Gasteiger partial charge is 0.334 e. The van der Waals surface area contributed by atoms with Gasteiger partial charge in [0.1, 0.15) is 11.6 Å². The zero-order valence-corrected chi connectivity index (χ0v) is 14.9. The third-order valence-corrected chi connectivity index (χ3v) is 5.11. The monoisotopic (exact) mass is 387 g/mol. The molecule has 0 saturated carbocycles. The van der Waals surface area contributed by atoms with Gasteiger partial charge < -0.3 is 4.57 Å². The first-order valence-corrected chi connectivity index (χ1v) is 9.83. The topological polar surface area (TPSA) is 78.0 Å². The van der Waals surface area contributed by atoms with Gasteiger partial charge in [-0.25, -0.2) is 22.3 Å². The Morgan fingerprint density at radius 1 is 1.00 bits per heavy atom. The van der Waals surface area contributed by atoms with Crippen LogP contribution in [0.1, 0.15) is 11.1 Å². The Balaban J connectivity index is 1.81.